The van der Waals surface area contributed by atoms with E-state index < -0.39 is 5.97 Å². The summed E-state index contributed by atoms with van der Waals surface area (Å²) in [6.45, 7) is 2.24. The maximum Gasteiger partial charge on any atom is 0.306 e. The van der Waals surface area contributed by atoms with Gasteiger partial charge in [-0.05, 0) is 67.4 Å². The van der Waals surface area contributed by atoms with Crippen LogP contribution < -0.4 is 16.0 Å². The van der Waals surface area contributed by atoms with Crippen LogP contribution in [0.3, 0.4) is 0 Å². The molecule has 192 valence electrons. The third kappa shape index (κ3) is 9.85. The Balaban J connectivity index is 1.33. The lowest BCUT2D eigenvalue weighted by molar-refractivity contribution is -0.145. The Labute approximate surface area is 222 Å². The smallest absolute Gasteiger partial charge is 0.306 e. The number of aryl methyl sites for hydroxylation is 1. The van der Waals surface area contributed by atoms with Crippen molar-refractivity contribution in [2.45, 2.75) is 38.6 Å². The Hall–Kier alpha value is -4.04. The highest BCUT2D eigenvalue weighted by atomic mass is 32.1. The summed E-state index contributed by atoms with van der Waals surface area (Å²) < 4.78 is 5.19. The number of hydrogen-bond acceptors (Lipinski definition) is 5. The van der Waals surface area contributed by atoms with Crippen LogP contribution in [0.2, 0.25) is 0 Å². The monoisotopic (exact) mass is 517 g/mol. The van der Waals surface area contributed by atoms with E-state index in [4.69, 9.17) is 17.0 Å². The van der Waals surface area contributed by atoms with E-state index in [0.29, 0.717) is 17.9 Å². The Bertz CT molecular complexity index is 1180. The number of amides is 2. The lowest BCUT2D eigenvalue weighted by Gasteiger charge is -2.15. The maximum absolute atomic E-state index is 12.5. The van der Waals surface area contributed by atoms with Gasteiger partial charge in [0.1, 0.15) is 0 Å². The van der Waals surface area contributed by atoms with E-state index in [1.807, 2.05) is 67.6 Å². The van der Waals surface area contributed by atoms with Crippen molar-refractivity contribution in [3.8, 4) is 0 Å². The number of thiocarbonyl (C=S) groups is 1. The molecule has 0 aliphatic carbocycles. The van der Waals surface area contributed by atoms with Crippen molar-refractivity contribution in [3.05, 3.63) is 102 Å². The van der Waals surface area contributed by atoms with Crippen LogP contribution in [0.4, 0.5) is 5.69 Å². The molecule has 0 spiro atoms. The first-order chi connectivity index (χ1) is 17.9. The van der Waals surface area contributed by atoms with E-state index in [1.165, 1.54) is 5.56 Å². The van der Waals surface area contributed by atoms with Gasteiger partial charge in [-0.15, -0.1) is 0 Å². The summed E-state index contributed by atoms with van der Waals surface area (Å²) in [6.07, 6.45) is 1.50. The molecule has 37 heavy (non-hydrogen) atoms. The number of carbonyl (C=O) groups excluding carboxylic acids is 3. The predicted octanol–water partition coefficient (Wildman–Crippen LogP) is 4.95. The number of hydrogen-bond donors (Lipinski definition) is 3. The number of benzene rings is 3. The van der Waals surface area contributed by atoms with E-state index >= 15 is 0 Å². The third-order valence-electron chi connectivity index (χ3n) is 5.58. The first-order valence-electron chi connectivity index (χ1n) is 12.2. The molecule has 0 radical (unpaired) electrons. The molecule has 7 nitrogen and oxygen atoms in total. The molecule has 0 bridgehead atoms. The van der Waals surface area contributed by atoms with Crippen LogP contribution in [0.1, 0.15) is 53.7 Å². The second-order valence-electron chi connectivity index (χ2n) is 8.50. The van der Waals surface area contributed by atoms with Gasteiger partial charge in [-0.25, -0.2) is 0 Å². The van der Waals surface area contributed by atoms with Crippen LogP contribution in [-0.2, 0) is 20.7 Å². The van der Waals surface area contributed by atoms with Crippen LogP contribution in [0, 0.1) is 0 Å². The Morgan fingerprint density at radius 2 is 1.51 bits per heavy atom. The maximum atomic E-state index is 12.5. The van der Waals surface area contributed by atoms with E-state index in [-0.39, 0.29) is 35.8 Å². The number of esters is 1. The number of nitrogens with one attached hydrogen (secondary N) is 3. The molecule has 3 N–H and O–H groups in total. The SMILES string of the molecule is CC(NC(=O)c1ccc(NC(=S)NC(=O)CCC(=O)OCCCc2ccccc2)cc1)c1ccccc1. The Morgan fingerprint density at radius 1 is 0.865 bits per heavy atom. The standard InChI is InChI=1S/C29H31N3O4S/c1-21(23-12-6-3-7-13-23)30-28(35)24-14-16-25(17-15-24)31-29(37)32-26(33)18-19-27(34)36-20-8-11-22-9-4-2-5-10-22/h2-7,9-10,12-17,21H,8,11,18-20H2,1H3,(H,30,35)(H2,31,32,33,37). The molecule has 1 atom stereocenters. The summed E-state index contributed by atoms with van der Waals surface area (Å²) in [7, 11) is 0. The fourth-order valence-electron chi connectivity index (χ4n) is 3.56. The normalized spacial score (nSPS) is 11.2. The van der Waals surface area contributed by atoms with Gasteiger partial charge in [0.25, 0.3) is 5.91 Å². The zero-order valence-electron chi connectivity index (χ0n) is 20.7. The first kappa shape index (κ1) is 27.5. The lowest BCUT2D eigenvalue weighted by atomic mass is 10.1. The number of ether oxygens (including phenoxy) is 1. The van der Waals surface area contributed by atoms with Crippen molar-refractivity contribution < 1.29 is 19.1 Å². The quantitative estimate of drug-likeness (QED) is 0.189. The van der Waals surface area contributed by atoms with Gasteiger partial charge >= 0.3 is 5.97 Å². The average Bonchev–Trinajstić information content (AvgIpc) is 2.91. The number of carbonyl (C=O) groups is 3. The molecule has 0 saturated carbocycles. The largest absolute Gasteiger partial charge is 0.466 e. The summed E-state index contributed by atoms with van der Waals surface area (Å²) >= 11 is 5.18. The predicted molar refractivity (Wildman–Crippen MR) is 148 cm³/mol. The topological polar surface area (TPSA) is 96.5 Å². The Kier molecular flexibility index (Phi) is 10.8. The fraction of sp³-hybridized carbons (Fsp3) is 0.241. The summed E-state index contributed by atoms with van der Waals surface area (Å²) in [5, 5.41) is 8.52. The van der Waals surface area contributed by atoms with Gasteiger partial charge in [-0.3, -0.25) is 14.4 Å². The third-order valence-corrected chi connectivity index (χ3v) is 5.78. The highest BCUT2D eigenvalue weighted by Crippen LogP contribution is 2.14. The van der Waals surface area contributed by atoms with Crippen molar-refractivity contribution >= 4 is 40.8 Å². The molecule has 3 aromatic carbocycles. The van der Waals surface area contributed by atoms with Gasteiger partial charge in [0.2, 0.25) is 5.91 Å². The Morgan fingerprint density at radius 3 is 2.19 bits per heavy atom. The second kappa shape index (κ2) is 14.5. The van der Waals surface area contributed by atoms with Gasteiger partial charge in [0.15, 0.2) is 5.11 Å². The van der Waals surface area contributed by atoms with Crippen LogP contribution in [0.15, 0.2) is 84.9 Å². The van der Waals surface area contributed by atoms with Gasteiger partial charge < -0.3 is 20.7 Å². The molecule has 0 saturated heterocycles. The van der Waals surface area contributed by atoms with Crippen molar-refractivity contribution in [2.75, 3.05) is 11.9 Å². The molecular weight excluding hydrogens is 486 g/mol. The number of anilines is 1. The van der Waals surface area contributed by atoms with Gasteiger partial charge in [0, 0.05) is 17.7 Å². The van der Waals surface area contributed by atoms with Crippen LogP contribution in [0.25, 0.3) is 0 Å². The molecule has 0 fully saturated rings. The van der Waals surface area contributed by atoms with Crippen molar-refractivity contribution in [1.82, 2.24) is 10.6 Å². The summed E-state index contributed by atoms with van der Waals surface area (Å²) in [6, 6.07) is 26.3. The molecule has 0 aromatic heterocycles. The lowest BCUT2D eigenvalue weighted by Crippen LogP contribution is -2.34. The van der Waals surface area contributed by atoms with E-state index in [2.05, 4.69) is 16.0 Å². The minimum absolute atomic E-state index is 0.0228. The summed E-state index contributed by atoms with van der Waals surface area (Å²) in [4.78, 5) is 36.5. The second-order valence-corrected chi connectivity index (χ2v) is 8.90. The average molecular weight is 518 g/mol. The van der Waals surface area contributed by atoms with Crippen LogP contribution >= 0.6 is 12.2 Å². The molecule has 2 amide bonds. The summed E-state index contributed by atoms with van der Waals surface area (Å²) in [5.74, 6) is -0.993. The molecule has 3 rings (SSSR count). The molecule has 8 heteroatoms. The van der Waals surface area contributed by atoms with Crippen LogP contribution in [-0.4, -0.2) is 29.5 Å². The fourth-order valence-corrected chi connectivity index (χ4v) is 3.79. The van der Waals surface area contributed by atoms with Crippen LogP contribution in [0.5, 0.6) is 0 Å². The van der Waals surface area contributed by atoms with E-state index in [1.54, 1.807) is 24.3 Å². The zero-order chi connectivity index (χ0) is 26.5. The minimum atomic E-state index is -0.419. The molecule has 0 aliphatic rings. The summed E-state index contributed by atoms with van der Waals surface area (Å²) in [5.41, 5.74) is 3.34. The minimum Gasteiger partial charge on any atom is -0.466 e. The van der Waals surface area contributed by atoms with Crippen molar-refractivity contribution in [2.24, 2.45) is 0 Å². The van der Waals surface area contributed by atoms with Crippen molar-refractivity contribution in [3.63, 3.8) is 0 Å². The van der Waals surface area contributed by atoms with Crippen molar-refractivity contribution in [1.29, 1.82) is 0 Å². The molecule has 0 aliphatic heterocycles. The highest BCUT2D eigenvalue weighted by Gasteiger charge is 2.12. The molecule has 3 aromatic rings. The molecular formula is C29H31N3O4S. The highest BCUT2D eigenvalue weighted by molar-refractivity contribution is 7.80. The zero-order valence-corrected chi connectivity index (χ0v) is 21.6. The van der Waals surface area contributed by atoms with Gasteiger partial charge in [0.05, 0.1) is 19.1 Å². The van der Waals surface area contributed by atoms with Gasteiger partial charge in [-0.1, -0.05) is 60.7 Å². The van der Waals surface area contributed by atoms with E-state index in [0.717, 1.165) is 18.4 Å². The molecule has 1 unspecified atom stereocenters. The molecule has 0 heterocycles. The number of rotatable bonds is 11. The van der Waals surface area contributed by atoms with E-state index in [9.17, 15) is 14.4 Å². The van der Waals surface area contributed by atoms with Gasteiger partial charge in [-0.2, -0.15) is 0 Å². The first-order valence-corrected chi connectivity index (χ1v) is 12.6.